The average molecular weight is 331 g/mol. The summed E-state index contributed by atoms with van der Waals surface area (Å²) in [4.78, 5) is 23.0. The predicted octanol–water partition coefficient (Wildman–Crippen LogP) is 4.25. The van der Waals surface area contributed by atoms with Crippen molar-refractivity contribution in [1.82, 2.24) is 0 Å². The van der Waals surface area contributed by atoms with Crippen molar-refractivity contribution in [3.05, 3.63) is 84.4 Å². The molecule has 0 unspecified atom stereocenters. The lowest BCUT2D eigenvalue weighted by Crippen LogP contribution is -2.14. The minimum absolute atomic E-state index is 0.284. The Hall–Kier alpha value is -3.60. The quantitative estimate of drug-likeness (QED) is 0.591. The van der Waals surface area contributed by atoms with Crippen molar-refractivity contribution in [1.29, 1.82) is 0 Å². The molecule has 5 heteroatoms. The van der Waals surface area contributed by atoms with Gasteiger partial charge >= 0.3 is 0 Å². The van der Waals surface area contributed by atoms with Crippen LogP contribution < -0.4 is 16.0 Å². The molecule has 0 aromatic heterocycles. The van der Waals surface area contributed by atoms with Gasteiger partial charge in [0.25, 0.3) is 5.91 Å². The average Bonchev–Trinajstić information content (AvgIpc) is 2.65. The maximum atomic E-state index is 12.4. The van der Waals surface area contributed by atoms with E-state index in [0.29, 0.717) is 23.3 Å². The zero-order valence-electron chi connectivity index (χ0n) is 13.4. The van der Waals surface area contributed by atoms with Crippen LogP contribution in [0.3, 0.4) is 0 Å². The molecule has 0 fully saturated rings. The summed E-state index contributed by atoms with van der Waals surface area (Å²) in [6, 6.07) is 24.1. The zero-order chi connectivity index (χ0) is 17.5. The van der Waals surface area contributed by atoms with Gasteiger partial charge in [-0.05, 0) is 48.5 Å². The molecule has 3 rings (SSSR count). The molecule has 3 aromatic carbocycles. The van der Waals surface area contributed by atoms with Gasteiger partial charge in [-0.25, -0.2) is 0 Å². The Kier molecular flexibility index (Phi) is 5.07. The molecule has 0 saturated carbocycles. The number of carbonyl (C=O) groups is 2. The lowest BCUT2D eigenvalue weighted by Gasteiger charge is -2.10. The van der Waals surface area contributed by atoms with E-state index < -0.39 is 0 Å². The van der Waals surface area contributed by atoms with E-state index >= 15 is 0 Å². The highest BCUT2D eigenvalue weighted by atomic mass is 16.2. The standard InChI is InChI=1S/C20H17N3O2/c24-14-21-19-9-5-4-8-18(19)20(25)23-17-12-10-16(11-13-17)22-15-6-2-1-3-7-15/h1-14,22H,(H,21,24)(H,23,25). The second kappa shape index (κ2) is 7.79. The Morgan fingerprint density at radius 3 is 2.04 bits per heavy atom. The molecular formula is C20H17N3O2. The number of anilines is 4. The number of hydrogen-bond donors (Lipinski definition) is 3. The zero-order valence-corrected chi connectivity index (χ0v) is 13.4. The molecule has 2 amide bonds. The van der Waals surface area contributed by atoms with Crippen molar-refractivity contribution in [2.75, 3.05) is 16.0 Å². The summed E-state index contributed by atoms with van der Waals surface area (Å²) < 4.78 is 0. The minimum Gasteiger partial charge on any atom is -0.356 e. The minimum atomic E-state index is -0.284. The van der Waals surface area contributed by atoms with Crippen LogP contribution in [0.1, 0.15) is 10.4 Å². The lowest BCUT2D eigenvalue weighted by molar-refractivity contribution is -0.105. The van der Waals surface area contributed by atoms with E-state index in [-0.39, 0.29) is 5.91 Å². The molecule has 0 aliphatic carbocycles. The smallest absolute Gasteiger partial charge is 0.257 e. The molecule has 0 heterocycles. The van der Waals surface area contributed by atoms with Crippen LogP contribution in [0.2, 0.25) is 0 Å². The highest BCUT2D eigenvalue weighted by molar-refractivity contribution is 6.09. The summed E-state index contributed by atoms with van der Waals surface area (Å²) >= 11 is 0. The highest BCUT2D eigenvalue weighted by Gasteiger charge is 2.10. The fraction of sp³-hybridized carbons (Fsp3) is 0. The molecule has 0 spiro atoms. The molecule has 3 aromatic rings. The van der Waals surface area contributed by atoms with Gasteiger partial charge in [-0.15, -0.1) is 0 Å². The van der Waals surface area contributed by atoms with Crippen LogP contribution in [-0.4, -0.2) is 12.3 Å². The van der Waals surface area contributed by atoms with Crippen molar-refractivity contribution in [2.45, 2.75) is 0 Å². The fourth-order valence-electron chi connectivity index (χ4n) is 2.39. The first-order chi connectivity index (χ1) is 12.3. The van der Waals surface area contributed by atoms with E-state index in [9.17, 15) is 9.59 Å². The SMILES string of the molecule is O=CNc1ccccc1C(=O)Nc1ccc(Nc2ccccc2)cc1. The number of nitrogens with one attached hydrogen (secondary N) is 3. The van der Waals surface area contributed by atoms with Gasteiger partial charge in [0.05, 0.1) is 11.3 Å². The van der Waals surface area contributed by atoms with Crippen LogP contribution in [0, 0.1) is 0 Å². The second-order valence-electron chi connectivity index (χ2n) is 5.33. The molecule has 25 heavy (non-hydrogen) atoms. The number of rotatable bonds is 6. The molecular weight excluding hydrogens is 314 g/mol. The van der Waals surface area contributed by atoms with Gasteiger partial charge in [0.1, 0.15) is 0 Å². The summed E-state index contributed by atoms with van der Waals surface area (Å²) in [6.45, 7) is 0. The normalized spacial score (nSPS) is 9.92. The van der Waals surface area contributed by atoms with Crippen LogP contribution in [0.4, 0.5) is 22.7 Å². The van der Waals surface area contributed by atoms with Crippen LogP contribution in [-0.2, 0) is 4.79 Å². The van der Waals surface area contributed by atoms with Crippen molar-refractivity contribution in [3.63, 3.8) is 0 Å². The molecule has 0 radical (unpaired) electrons. The van der Waals surface area contributed by atoms with Crippen molar-refractivity contribution < 1.29 is 9.59 Å². The summed E-state index contributed by atoms with van der Waals surface area (Å²) in [5.74, 6) is -0.284. The Labute approximate surface area is 145 Å². The van der Waals surface area contributed by atoms with Crippen LogP contribution in [0.15, 0.2) is 78.9 Å². The van der Waals surface area contributed by atoms with Crippen LogP contribution >= 0.6 is 0 Å². The largest absolute Gasteiger partial charge is 0.356 e. The molecule has 0 atom stereocenters. The molecule has 3 N–H and O–H groups in total. The molecule has 0 saturated heterocycles. The van der Waals surface area contributed by atoms with E-state index in [0.717, 1.165) is 11.4 Å². The number of carbonyl (C=O) groups excluding carboxylic acids is 2. The third-order valence-corrected chi connectivity index (χ3v) is 3.59. The highest BCUT2D eigenvalue weighted by Crippen LogP contribution is 2.20. The summed E-state index contributed by atoms with van der Waals surface area (Å²) in [7, 11) is 0. The number of amides is 2. The predicted molar refractivity (Wildman–Crippen MR) is 100 cm³/mol. The lowest BCUT2D eigenvalue weighted by atomic mass is 10.1. The van der Waals surface area contributed by atoms with Gasteiger partial charge < -0.3 is 16.0 Å². The summed E-state index contributed by atoms with van der Waals surface area (Å²) in [5, 5.41) is 8.63. The van der Waals surface area contributed by atoms with Crippen LogP contribution in [0.25, 0.3) is 0 Å². The van der Waals surface area contributed by atoms with Gasteiger partial charge in [-0.1, -0.05) is 30.3 Å². The van der Waals surface area contributed by atoms with E-state index in [1.165, 1.54) is 0 Å². The first kappa shape index (κ1) is 16.3. The molecule has 0 aliphatic heterocycles. The second-order valence-corrected chi connectivity index (χ2v) is 5.33. The molecule has 5 nitrogen and oxygen atoms in total. The summed E-state index contributed by atoms with van der Waals surface area (Å²) in [5.41, 5.74) is 3.46. The van der Waals surface area contributed by atoms with E-state index in [1.807, 2.05) is 54.6 Å². The van der Waals surface area contributed by atoms with Crippen molar-refractivity contribution >= 4 is 35.1 Å². The van der Waals surface area contributed by atoms with Crippen molar-refractivity contribution in [2.24, 2.45) is 0 Å². The van der Waals surface area contributed by atoms with Gasteiger partial charge in [0.2, 0.25) is 6.41 Å². The Morgan fingerprint density at radius 1 is 0.720 bits per heavy atom. The van der Waals surface area contributed by atoms with Crippen molar-refractivity contribution in [3.8, 4) is 0 Å². The topological polar surface area (TPSA) is 70.2 Å². The first-order valence-electron chi connectivity index (χ1n) is 7.79. The van der Waals surface area contributed by atoms with Gasteiger partial charge in [0.15, 0.2) is 0 Å². The monoisotopic (exact) mass is 331 g/mol. The molecule has 0 aliphatic rings. The molecule has 124 valence electrons. The number of benzene rings is 3. The van der Waals surface area contributed by atoms with E-state index in [4.69, 9.17) is 0 Å². The number of hydrogen-bond acceptors (Lipinski definition) is 3. The summed E-state index contributed by atoms with van der Waals surface area (Å²) in [6.07, 6.45) is 0.552. The van der Waals surface area contributed by atoms with Gasteiger partial charge in [-0.2, -0.15) is 0 Å². The van der Waals surface area contributed by atoms with Crippen LogP contribution in [0.5, 0.6) is 0 Å². The van der Waals surface area contributed by atoms with E-state index in [2.05, 4.69) is 16.0 Å². The van der Waals surface area contributed by atoms with E-state index in [1.54, 1.807) is 24.3 Å². The number of para-hydroxylation sites is 2. The fourth-order valence-corrected chi connectivity index (χ4v) is 2.39. The Bertz CT molecular complexity index is 862. The Morgan fingerprint density at radius 2 is 1.32 bits per heavy atom. The third-order valence-electron chi connectivity index (χ3n) is 3.59. The molecule has 0 bridgehead atoms. The Balaban J connectivity index is 1.69. The maximum Gasteiger partial charge on any atom is 0.257 e. The third kappa shape index (κ3) is 4.23. The van der Waals surface area contributed by atoms with Gasteiger partial charge in [0, 0.05) is 17.1 Å². The van der Waals surface area contributed by atoms with Gasteiger partial charge in [-0.3, -0.25) is 9.59 Å². The maximum absolute atomic E-state index is 12.4. The first-order valence-corrected chi connectivity index (χ1v) is 7.79.